The van der Waals surface area contributed by atoms with Crippen molar-refractivity contribution in [3.8, 4) is 23.0 Å². The number of nitro groups is 1. The third-order valence-electron chi connectivity index (χ3n) is 3.29. The first kappa shape index (κ1) is 18.3. The minimum Gasteiger partial charge on any atom is -0.453 e. The molecule has 0 aliphatic carbocycles. The molecule has 3 aromatic carbocycles. The van der Waals surface area contributed by atoms with Crippen molar-refractivity contribution >= 4 is 40.5 Å². The lowest BCUT2D eigenvalue weighted by Crippen LogP contribution is -1.92. The zero-order valence-electron chi connectivity index (χ0n) is 13.0. The molecule has 0 saturated heterocycles. The number of nitro benzene ring substituents is 1. The molecule has 0 amide bonds. The first-order chi connectivity index (χ1) is 12.4. The van der Waals surface area contributed by atoms with Crippen LogP contribution in [0, 0.1) is 10.1 Å². The van der Waals surface area contributed by atoms with E-state index >= 15 is 0 Å². The molecule has 3 aromatic rings. The lowest BCUT2D eigenvalue weighted by atomic mass is 10.3. The Balaban J connectivity index is 1.89. The van der Waals surface area contributed by atoms with Crippen LogP contribution in [0.15, 0.2) is 60.7 Å². The molecule has 0 aromatic heterocycles. The van der Waals surface area contributed by atoms with Gasteiger partial charge >= 0.3 is 0 Å². The zero-order valence-corrected chi connectivity index (χ0v) is 15.3. The summed E-state index contributed by atoms with van der Waals surface area (Å²) in [5.74, 6) is 1.49. The highest BCUT2D eigenvalue weighted by Gasteiger charge is 2.12. The summed E-state index contributed by atoms with van der Waals surface area (Å²) < 4.78 is 11.6. The van der Waals surface area contributed by atoms with Gasteiger partial charge in [0.05, 0.1) is 9.95 Å². The number of hydrogen-bond acceptors (Lipinski definition) is 4. The second-order valence-electron chi connectivity index (χ2n) is 5.12. The monoisotopic (exact) mass is 409 g/mol. The van der Waals surface area contributed by atoms with Crippen LogP contribution in [0.25, 0.3) is 0 Å². The lowest BCUT2D eigenvalue weighted by Gasteiger charge is -2.13. The highest BCUT2D eigenvalue weighted by atomic mass is 35.5. The predicted octanol–water partition coefficient (Wildman–Crippen LogP) is 7.14. The normalized spacial score (nSPS) is 10.4. The maximum absolute atomic E-state index is 10.7. The molecule has 0 radical (unpaired) electrons. The number of hydrogen-bond donors (Lipinski definition) is 0. The first-order valence-corrected chi connectivity index (χ1v) is 8.40. The van der Waals surface area contributed by atoms with E-state index in [0.29, 0.717) is 38.1 Å². The van der Waals surface area contributed by atoms with Crippen molar-refractivity contribution in [1.29, 1.82) is 0 Å². The molecule has 0 spiro atoms. The highest BCUT2D eigenvalue weighted by Crippen LogP contribution is 2.39. The van der Waals surface area contributed by atoms with Crippen LogP contribution in [0.3, 0.4) is 0 Å². The van der Waals surface area contributed by atoms with Gasteiger partial charge in [-0.15, -0.1) is 0 Å². The standard InChI is InChI=1S/C18H10Cl3NO4/c19-11-1-7-16(15(21)9-11)26-17-8-2-12(20)10-18(17)25-14-5-3-13(4-6-14)22(23)24/h1-10H. The molecule has 0 unspecified atom stereocenters. The molecule has 0 N–H and O–H groups in total. The molecule has 132 valence electrons. The fourth-order valence-electron chi connectivity index (χ4n) is 2.09. The summed E-state index contributed by atoms with van der Waals surface area (Å²) in [5, 5.41) is 12.0. The van der Waals surface area contributed by atoms with Gasteiger partial charge in [0.2, 0.25) is 0 Å². The van der Waals surface area contributed by atoms with Gasteiger partial charge in [-0.05, 0) is 42.5 Å². The Morgan fingerprint density at radius 2 is 1.35 bits per heavy atom. The van der Waals surface area contributed by atoms with Crippen molar-refractivity contribution in [3.63, 3.8) is 0 Å². The summed E-state index contributed by atoms with van der Waals surface area (Å²) in [7, 11) is 0. The molecule has 0 saturated carbocycles. The van der Waals surface area contributed by atoms with Gasteiger partial charge in [0.25, 0.3) is 5.69 Å². The summed E-state index contributed by atoms with van der Waals surface area (Å²) in [5.41, 5.74) is -0.0344. The van der Waals surface area contributed by atoms with Crippen LogP contribution >= 0.6 is 34.8 Å². The second kappa shape index (κ2) is 7.83. The van der Waals surface area contributed by atoms with E-state index in [-0.39, 0.29) is 5.69 Å². The molecule has 0 aliphatic rings. The van der Waals surface area contributed by atoms with Crippen molar-refractivity contribution in [1.82, 2.24) is 0 Å². The number of non-ortho nitro benzene ring substituents is 1. The van der Waals surface area contributed by atoms with Gasteiger partial charge in [0.1, 0.15) is 11.5 Å². The zero-order chi connectivity index (χ0) is 18.7. The fraction of sp³-hybridized carbons (Fsp3) is 0. The highest BCUT2D eigenvalue weighted by molar-refractivity contribution is 6.35. The van der Waals surface area contributed by atoms with E-state index < -0.39 is 4.92 Å². The van der Waals surface area contributed by atoms with Gasteiger partial charge in [-0.1, -0.05) is 34.8 Å². The Morgan fingerprint density at radius 3 is 1.96 bits per heavy atom. The first-order valence-electron chi connectivity index (χ1n) is 7.27. The number of halogens is 3. The average molecular weight is 411 g/mol. The van der Waals surface area contributed by atoms with Crippen LogP contribution in [0.5, 0.6) is 23.0 Å². The van der Waals surface area contributed by atoms with Gasteiger partial charge < -0.3 is 9.47 Å². The van der Waals surface area contributed by atoms with Crippen molar-refractivity contribution in [2.24, 2.45) is 0 Å². The van der Waals surface area contributed by atoms with Crippen molar-refractivity contribution in [3.05, 3.63) is 85.8 Å². The maximum Gasteiger partial charge on any atom is 0.269 e. The summed E-state index contributed by atoms with van der Waals surface area (Å²) in [6, 6.07) is 15.3. The van der Waals surface area contributed by atoms with Crippen molar-refractivity contribution < 1.29 is 14.4 Å². The summed E-state index contributed by atoms with van der Waals surface area (Å²) in [6.45, 7) is 0. The van der Waals surface area contributed by atoms with Crippen LogP contribution in [0.1, 0.15) is 0 Å². The Labute approximate surface area is 163 Å². The Bertz CT molecular complexity index is 961. The molecular weight excluding hydrogens is 401 g/mol. The van der Waals surface area contributed by atoms with Gasteiger partial charge in [-0.2, -0.15) is 0 Å². The molecule has 0 fully saturated rings. The van der Waals surface area contributed by atoms with E-state index in [1.54, 1.807) is 36.4 Å². The smallest absolute Gasteiger partial charge is 0.269 e. The number of benzene rings is 3. The molecule has 5 nitrogen and oxygen atoms in total. The largest absolute Gasteiger partial charge is 0.453 e. The minimum absolute atomic E-state index is 0.0344. The van der Waals surface area contributed by atoms with Gasteiger partial charge in [-0.3, -0.25) is 10.1 Å². The Kier molecular flexibility index (Phi) is 5.52. The third-order valence-corrected chi connectivity index (χ3v) is 4.06. The SMILES string of the molecule is O=[N+]([O-])c1ccc(Oc2cc(Cl)ccc2Oc2ccc(Cl)cc2Cl)cc1. The summed E-state index contributed by atoms with van der Waals surface area (Å²) in [6.07, 6.45) is 0. The summed E-state index contributed by atoms with van der Waals surface area (Å²) >= 11 is 18.1. The molecule has 0 bridgehead atoms. The molecule has 0 atom stereocenters. The van der Waals surface area contributed by atoms with Crippen LogP contribution in [0.2, 0.25) is 15.1 Å². The Hall–Kier alpha value is -2.47. The molecule has 0 aliphatic heterocycles. The quantitative estimate of drug-likeness (QED) is 0.331. The molecule has 0 heterocycles. The molecule has 8 heteroatoms. The van der Waals surface area contributed by atoms with Crippen LogP contribution in [-0.2, 0) is 0 Å². The van der Waals surface area contributed by atoms with Crippen molar-refractivity contribution in [2.45, 2.75) is 0 Å². The molecule has 3 rings (SSSR count). The van der Waals surface area contributed by atoms with E-state index in [9.17, 15) is 10.1 Å². The average Bonchev–Trinajstić information content (AvgIpc) is 2.60. The van der Waals surface area contributed by atoms with Crippen LogP contribution in [0.4, 0.5) is 5.69 Å². The lowest BCUT2D eigenvalue weighted by molar-refractivity contribution is -0.384. The van der Waals surface area contributed by atoms with Crippen LogP contribution < -0.4 is 9.47 Å². The van der Waals surface area contributed by atoms with E-state index in [2.05, 4.69) is 0 Å². The topological polar surface area (TPSA) is 61.6 Å². The van der Waals surface area contributed by atoms with Gasteiger partial charge in [0.15, 0.2) is 11.5 Å². The second-order valence-corrected chi connectivity index (χ2v) is 6.40. The minimum atomic E-state index is -0.486. The molecule has 26 heavy (non-hydrogen) atoms. The van der Waals surface area contributed by atoms with Crippen molar-refractivity contribution in [2.75, 3.05) is 0 Å². The van der Waals surface area contributed by atoms with Gasteiger partial charge in [-0.25, -0.2) is 0 Å². The number of ether oxygens (including phenoxy) is 2. The van der Waals surface area contributed by atoms with E-state index in [0.717, 1.165) is 0 Å². The van der Waals surface area contributed by atoms with E-state index in [1.807, 2.05) is 0 Å². The number of rotatable bonds is 5. The number of nitrogens with zero attached hydrogens (tertiary/aromatic N) is 1. The fourth-order valence-corrected chi connectivity index (χ4v) is 2.69. The maximum atomic E-state index is 10.7. The summed E-state index contributed by atoms with van der Waals surface area (Å²) in [4.78, 5) is 10.2. The van der Waals surface area contributed by atoms with Gasteiger partial charge in [0, 0.05) is 28.2 Å². The van der Waals surface area contributed by atoms with Crippen LogP contribution in [-0.4, -0.2) is 4.92 Å². The predicted molar refractivity (Wildman–Crippen MR) is 101 cm³/mol. The van der Waals surface area contributed by atoms with E-state index in [1.165, 1.54) is 24.3 Å². The third kappa shape index (κ3) is 4.38. The Morgan fingerprint density at radius 1 is 0.731 bits per heavy atom. The molecular formula is C18H10Cl3NO4. The van der Waals surface area contributed by atoms with E-state index in [4.69, 9.17) is 44.3 Å².